The zero-order chi connectivity index (χ0) is 22.5. The van der Waals surface area contributed by atoms with Gasteiger partial charge in [-0.25, -0.2) is 0 Å². The SMILES string of the molecule is CC(=O)C(C)O.OC[C@H]1O[C@@H](O[C@H]2[C@H](O)[C@@H](O)C(O)O[C@@H]2CO)[C@H](O)[C@@H](O)[C@H]1O. The molecule has 9 N–H and O–H groups in total. The molecule has 0 bridgehead atoms. The van der Waals surface area contributed by atoms with Gasteiger partial charge in [0.1, 0.15) is 54.9 Å². The molecule has 0 spiro atoms. The quantitative estimate of drug-likeness (QED) is 0.199. The summed E-state index contributed by atoms with van der Waals surface area (Å²) in [7, 11) is 0. The highest BCUT2D eigenvalue weighted by Crippen LogP contribution is 2.28. The number of hydrogen-bond donors (Lipinski definition) is 9. The molecule has 29 heavy (non-hydrogen) atoms. The second kappa shape index (κ2) is 11.5. The van der Waals surface area contributed by atoms with Gasteiger partial charge in [-0.05, 0) is 13.8 Å². The van der Waals surface area contributed by atoms with Crippen molar-refractivity contribution in [2.24, 2.45) is 0 Å². The summed E-state index contributed by atoms with van der Waals surface area (Å²) in [6.45, 7) is 1.45. The van der Waals surface area contributed by atoms with Crippen LogP contribution < -0.4 is 0 Å². The molecule has 0 aromatic heterocycles. The summed E-state index contributed by atoms with van der Waals surface area (Å²) in [5.74, 6) is -0.185. The third-order valence-corrected chi connectivity index (χ3v) is 4.57. The number of rotatable bonds is 5. The van der Waals surface area contributed by atoms with Crippen LogP contribution in [0, 0.1) is 0 Å². The molecule has 172 valence electrons. The Labute approximate surface area is 166 Å². The van der Waals surface area contributed by atoms with Crippen LogP contribution in [0.5, 0.6) is 0 Å². The van der Waals surface area contributed by atoms with Crippen LogP contribution in [-0.4, -0.2) is 132 Å². The van der Waals surface area contributed by atoms with E-state index in [4.69, 9.17) is 24.4 Å². The van der Waals surface area contributed by atoms with Crippen molar-refractivity contribution in [1.29, 1.82) is 0 Å². The molecule has 0 radical (unpaired) electrons. The number of aliphatic hydroxyl groups is 9. The van der Waals surface area contributed by atoms with Crippen molar-refractivity contribution in [3.63, 3.8) is 0 Å². The monoisotopic (exact) mass is 430 g/mol. The Kier molecular flexibility index (Phi) is 10.4. The highest BCUT2D eigenvalue weighted by atomic mass is 16.7. The van der Waals surface area contributed by atoms with E-state index in [9.17, 15) is 40.5 Å². The third-order valence-electron chi connectivity index (χ3n) is 4.57. The summed E-state index contributed by atoms with van der Waals surface area (Å²) >= 11 is 0. The lowest BCUT2D eigenvalue weighted by Crippen LogP contribution is -2.64. The summed E-state index contributed by atoms with van der Waals surface area (Å²) in [5.41, 5.74) is 0. The molecule has 2 saturated heterocycles. The Morgan fingerprint density at radius 3 is 1.83 bits per heavy atom. The maximum Gasteiger partial charge on any atom is 0.187 e. The molecular formula is C16H30O13. The first-order chi connectivity index (χ1) is 13.5. The average molecular weight is 430 g/mol. The van der Waals surface area contributed by atoms with Crippen LogP contribution in [0.25, 0.3) is 0 Å². The van der Waals surface area contributed by atoms with Gasteiger partial charge in [0.15, 0.2) is 18.4 Å². The van der Waals surface area contributed by atoms with Gasteiger partial charge in [0.25, 0.3) is 0 Å². The summed E-state index contributed by atoms with van der Waals surface area (Å²) in [4.78, 5) is 9.89. The van der Waals surface area contributed by atoms with E-state index in [1.807, 2.05) is 0 Å². The summed E-state index contributed by atoms with van der Waals surface area (Å²) in [5, 5.41) is 84.8. The molecule has 13 heteroatoms. The Bertz CT molecular complexity index is 499. The zero-order valence-electron chi connectivity index (χ0n) is 15.9. The van der Waals surface area contributed by atoms with Crippen LogP contribution in [0.4, 0.5) is 0 Å². The molecular weight excluding hydrogens is 400 g/mol. The molecule has 11 atom stereocenters. The van der Waals surface area contributed by atoms with Crippen LogP contribution >= 0.6 is 0 Å². The average Bonchev–Trinajstić information content (AvgIpc) is 2.68. The number of ether oxygens (including phenoxy) is 3. The smallest absolute Gasteiger partial charge is 0.187 e. The molecule has 13 nitrogen and oxygen atoms in total. The van der Waals surface area contributed by atoms with Crippen LogP contribution in [0.1, 0.15) is 13.8 Å². The molecule has 2 unspecified atom stereocenters. The Morgan fingerprint density at radius 1 is 0.862 bits per heavy atom. The fourth-order valence-electron chi connectivity index (χ4n) is 2.57. The standard InChI is InChI=1S/C12H22O11.C4H8O2/c13-1-3-5(15)6(16)9(19)12(22-3)23-10-4(2-14)21-11(20)8(18)7(10)17;1-3(5)4(2)6/h3-20H,1-2H2;3,5H,1-2H3/t3-,4-,5+,6+,7-,8-,9-,10-,11?,12+;/m1./s1. The molecule has 0 aromatic rings. The fraction of sp³-hybridized carbons (Fsp3) is 0.938. The van der Waals surface area contributed by atoms with E-state index in [-0.39, 0.29) is 5.78 Å². The number of carbonyl (C=O) groups excluding carboxylic acids is 1. The van der Waals surface area contributed by atoms with Gasteiger partial charge in [-0.15, -0.1) is 0 Å². The number of carbonyl (C=O) groups is 1. The van der Waals surface area contributed by atoms with Crippen molar-refractivity contribution in [2.75, 3.05) is 13.2 Å². The Hall–Kier alpha value is -0.810. The Morgan fingerprint density at radius 2 is 1.38 bits per heavy atom. The van der Waals surface area contributed by atoms with Gasteiger partial charge in [0.05, 0.1) is 13.2 Å². The van der Waals surface area contributed by atoms with E-state index in [0.29, 0.717) is 0 Å². The first kappa shape index (κ1) is 26.2. The minimum absolute atomic E-state index is 0.185. The van der Waals surface area contributed by atoms with Crippen molar-refractivity contribution in [2.45, 2.75) is 81.4 Å². The predicted octanol–water partition coefficient (Wildman–Crippen LogP) is -5.44. The highest BCUT2D eigenvalue weighted by Gasteiger charge is 2.50. The first-order valence-corrected chi connectivity index (χ1v) is 8.91. The van der Waals surface area contributed by atoms with Crippen LogP contribution in [0.15, 0.2) is 0 Å². The second-order valence-electron chi connectivity index (χ2n) is 6.81. The third kappa shape index (κ3) is 6.58. The number of aliphatic hydroxyl groups excluding tert-OH is 9. The molecule has 2 heterocycles. The van der Waals surface area contributed by atoms with E-state index < -0.39 is 80.7 Å². The van der Waals surface area contributed by atoms with Gasteiger partial charge in [0, 0.05) is 0 Å². The molecule has 2 rings (SSSR count). The van der Waals surface area contributed by atoms with Crippen molar-refractivity contribution in [3.05, 3.63) is 0 Å². The van der Waals surface area contributed by atoms with E-state index in [2.05, 4.69) is 0 Å². The largest absolute Gasteiger partial charge is 0.394 e. The Balaban J connectivity index is 0.000000612. The fourth-order valence-corrected chi connectivity index (χ4v) is 2.57. The predicted molar refractivity (Wildman–Crippen MR) is 91.0 cm³/mol. The molecule has 0 amide bonds. The van der Waals surface area contributed by atoms with Crippen molar-refractivity contribution in [3.8, 4) is 0 Å². The zero-order valence-corrected chi connectivity index (χ0v) is 15.9. The van der Waals surface area contributed by atoms with Crippen molar-refractivity contribution >= 4 is 5.78 Å². The van der Waals surface area contributed by atoms with Gasteiger partial charge in [-0.2, -0.15) is 0 Å². The van der Waals surface area contributed by atoms with E-state index in [1.165, 1.54) is 13.8 Å². The maximum absolute atomic E-state index is 9.94. The van der Waals surface area contributed by atoms with Crippen LogP contribution in [-0.2, 0) is 19.0 Å². The van der Waals surface area contributed by atoms with Gasteiger partial charge >= 0.3 is 0 Å². The molecule has 2 aliphatic heterocycles. The van der Waals surface area contributed by atoms with E-state index in [0.717, 1.165) is 0 Å². The van der Waals surface area contributed by atoms with Gasteiger partial charge in [0.2, 0.25) is 0 Å². The normalized spacial score (nSPS) is 43.8. The first-order valence-electron chi connectivity index (χ1n) is 8.91. The van der Waals surface area contributed by atoms with E-state index in [1.54, 1.807) is 0 Å². The number of ketones is 1. The molecule has 0 aromatic carbocycles. The van der Waals surface area contributed by atoms with Gasteiger partial charge < -0.3 is 60.2 Å². The molecule has 2 aliphatic rings. The lowest BCUT2D eigenvalue weighted by Gasteiger charge is -2.45. The number of Topliss-reactive ketones (excluding diaryl/α,β-unsaturated/α-hetero) is 1. The van der Waals surface area contributed by atoms with Gasteiger partial charge in [-0.1, -0.05) is 0 Å². The van der Waals surface area contributed by atoms with Crippen LogP contribution in [0.2, 0.25) is 0 Å². The molecule has 0 saturated carbocycles. The lowest BCUT2D eigenvalue weighted by molar-refractivity contribution is -0.355. The maximum atomic E-state index is 9.94. The highest BCUT2D eigenvalue weighted by molar-refractivity contribution is 5.79. The lowest BCUT2D eigenvalue weighted by atomic mass is 9.97. The summed E-state index contributed by atoms with van der Waals surface area (Å²) < 4.78 is 15.3. The minimum Gasteiger partial charge on any atom is -0.394 e. The van der Waals surface area contributed by atoms with Crippen LogP contribution in [0.3, 0.4) is 0 Å². The molecule has 2 fully saturated rings. The second-order valence-corrected chi connectivity index (χ2v) is 6.81. The van der Waals surface area contributed by atoms with Gasteiger partial charge in [-0.3, -0.25) is 4.79 Å². The topological polar surface area (TPSA) is 227 Å². The van der Waals surface area contributed by atoms with Crippen molar-refractivity contribution in [1.82, 2.24) is 0 Å². The van der Waals surface area contributed by atoms with Crippen molar-refractivity contribution < 1.29 is 65.0 Å². The summed E-state index contributed by atoms with van der Waals surface area (Å²) in [6.07, 6.45) is -16.4. The number of hydrogen-bond acceptors (Lipinski definition) is 13. The van der Waals surface area contributed by atoms with E-state index >= 15 is 0 Å². The molecule has 0 aliphatic carbocycles. The minimum atomic E-state index is -1.74. The summed E-state index contributed by atoms with van der Waals surface area (Å²) in [6, 6.07) is 0.